The molecule has 1 aliphatic heterocycles. The fourth-order valence-electron chi connectivity index (χ4n) is 6.73. The third-order valence-electron chi connectivity index (χ3n) is 8.41. The van der Waals surface area contributed by atoms with Gasteiger partial charge in [0.1, 0.15) is 11.4 Å². The zero-order valence-corrected chi connectivity index (χ0v) is 25.1. The fourth-order valence-corrected chi connectivity index (χ4v) is 7.05. The van der Waals surface area contributed by atoms with Gasteiger partial charge in [0.2, 0.25) is 5.91 Å². The van der Waals surface area contributed by atoms with E-state index in [9.17, 15) is 9.59 Å². The Labute approximate surface area is 242 Å². The summed E-state index contributed by atoms with van der Waals surface area (Å²) in [6.45, 7) is 7.95. The summed E-state index contributed by atoms with van der Waals surface area (Å²) < 4.78 is 11.9. The number of hydrogen-bond donors (Lipinski definition) is 0. The van der Waals surface area contributed by atoms with E-state index >= 15 is 0 Å². The van der Waals surface area contributed by atoms with Crippen molar-refractivity contribution in [2.24, 2.45) is 5.92 Å². The van der Waals surface area contributed by atoms with E-state index < -0.39 is 11.0 Å². The summed E-state index contributed by atoms with van der Waals surface area (Å²) in [4.78, 5) is 30.7. The Morgan fingerprint density at radius 3 is 2.56 bits per heavy atom. The number of ether oxygens (including phenoxy) is 2. The number of carbonyl (C=O) groups excluding carboxylic acids is 2. The summed E-state index contributed by atoms with van der Waals surface area (Å²) in [6.07, 6.45) is 3.21. The van der Waals surface area contributed by atoms with Crippen LogP contribution in [0.3, 0.4) is 0 Å². The summed E-state index contributed by atoms with van der Waals surface area (Å²) in [5.74, 6) is 0.870. The lowest BCUT2D eigenvalue weighted by Gasteiger charge is -2.60. The van der Waals surface area contributed by atoms with Crippen molar-refractivity contribution < 1.29 is 19.1 Å². The number of esters is 1. The highest BCUT2D eigenvalue weighted by atomic mass is 35.5. The van der Waals surface area contributed by atoms with Crippen LogP contribution in [0.15, 0.2) is 42.5 Å². The quantitative estimate of drug-likeness (QED) is 0.353. The van der Waals surface area contributed by atoms with Crippen LogP contribution in [0.4, 0.5) is 0 Å². The first-order chi connectivity index (χ1) is 18.5. The molecule has 1 amide bonds. The average molecular weight is 576 g/mol. The van der Waals surface area contributed by atoms with E-state index in [1.807, 2.05) is 18.2 Å². The summed E-state index contributed by atoms with van der Waals surface area (Å²) in [6, 6.07) is 13.5. The number of carbonyl (C=O) groups is 2. The highest BCUT2D eigenvalue weighted by Gasteiger charge is 2.61. The molecule has 8 heteroatoms. The normalized spacial score (nSPS) is 25.2. The maximum absolute atomic E-state index is 13.9. The monoisotopic (exact) mass is 574 g/mol. The van der Waals surface area contributed by atoms with Gasteiger partial charge in [-0.25, -0.2) is 0 Å². The van der Waals surface area contributed by atoms with Gasteiger partial charge in [-0.1, -0.05) is 55.2 Å². The van der Waals surface area contributed by atoms with Crippen molar-refractivity contribution in [3.8, 4) is 5.75 Å². The summed E-state index contributed by atoms with van der Waals surface area (Å²) in [7, 11) is 3.75. The summed E-state index contributed by atoms with van der Waals surface area (Å²) in [5, 5.41) is 0.924. The lowest BCUT2D eigenvalue weighted by atomic mass is 9.55. The molecule has 2 aromatic carbocycles. The largest absolute Gasteiger partial charge is 0.497 e. The fraction of sp³-hybridized carbons (Fsp3) is 0.548. The molecule has 6 nitrogen and oxygen atoms in total. The minimum atomic E-state index is -0.690. The van der Waals surface area contributed by atoms with Crippen molar-refractivity contribution in [3.05, 3.63) is 63.6 Å². The van der Waals surface area contributed by atoms with Gasteiger partial charge in [0.05, 0.1) is 23.6 Å². The number of fused-ring (bicyclic) bond motifs is 1. The number of likely N-dealkylation sites (tertiary alicyclic amines) is 1. The predicted molar refractivity (Wildman–Crippen MR) is 156 cm³/mol. The molecule has 2 aromatic rings. The van der Waals surface area contributed by atoms with Gasteiger partial charge in [0.25, 0.3) is 0 Å². The number of nitrogens with zero attached hydrogens (tertiary/aromatic N) is 2. The maximum Gasteiger partial charge on any atom is 0.303 e. The van der Waals surface area contributed by atoms with Crippen LogP contribution < -0.4 is 4.74 Å². The van der Waals surface area contributed by atoms with Gasteiger partial charge in [-0.3, -0.25) is 9.59 Å². The Hall–Kier alpha value is -2.28. The molecule has 0 N–H and O–H groups in total. The molecule has 3 atom stereocenters. The van der Waals surface area contributed by atoms with Crippen LogP contribution in [0, 0.1) is 5.92 Å². The zero-order valence-electron chi connectivity index (χ0n) is 23.6. The lowest BCUT2D eigenvalue weighted by Crippen LogP contribution is -2.68. The molecule has 2 fully saturated rings. The number of benzene rings is 2. The van der Waals surface area contributed by atoms with E-state index in [4.69, 9.17) is 32.7 Å². The number of hydrogen-bond acceptors (Lipinski definition) is 5. The van der Waals surface area contributed by atoms with Crippen molar-refractivity contribution in [1.29, 1.82) is 0 Å². The highest BCUT2D eigenvalue weighted by molar-refractivity contribution is 6.42. The van der Waals surface area contributed by atoms with E-state index in [2.05, 4.69) is 42.8 Å². The zero-order chi connectivity index (χ0) is 28.4. The molecule has 1 aliphatic carbocycles. The van der Waals surface area contributed by atoms with Gasteiger partial charge in [-0.2, -0.15) is 0 Å². The molecule has 0 aromatic heterocycles. The van der Waals surface area contributed by atoms with Crippen LogP contribution in [-0.2, 0) is 26.2 Å². The Kier molecular flexibility index (Phi) is 9.19. The smallest absolute Gasteiger partial charge is 0.303 e. The number of amides is 1. The van der Waals surface area contributed by atoms with Crippen molar-refractivity contribution in [2.45, 2.75) is 69.9 Å². The molecule has 0 spiro atoms. The first kappa shape index (κ1) is 29.7. The Bertz CT molecular complexity index is 1200. The third-order valence-corrected chi connectivity index (χ3v) is 9.15. The molecule has 39 heavy (non-hydrogen) atoms. The van der Waals surface area contributed by atoms with E-state index in [-0.39, 0.29) is 24.3 Å². The van der Waals surface area contributed by atoms with Crippen LogP contribution in [-0.4, -0.2) is 67.1 Å². The van der Waals surface area contributed by atoms with Gasteiger partial charge in [-0.05, 0) is 80.6 Å². The molecule has 0 radical (unpaired) electrons. The van der Waals surface area contributed by atoms with Crippen LogP contribution in [0.1, 0.15) is 57.6 Å². The number of methoxy groups -OCH3 is 1. The third kappa shape index (κ3) is 6.23. The topological polar surface area (TPSA) is 59.1 Å². The molecule has 4 rings (SSSR count). The minimum Gasteiger partial charge on any atom is -0.497 e. The van der Waals surface area contributed by atoms with E-state index in [0.717, 1.165) is 36.3 Å². The molecular formula is C31H40Cl2N2O4. The minimum absolute atomic E-state index is 0.000891. The van der Waals surface area contributed by atoms with Gasteiger partial charge in [-0.15, -0.1) is 0 Å². The van der Waals surface area contributed by atoms with E-state index in [1.54, 1.807) is 19.2 Å². The van der Waals surface area contributed by atoms with Gasteiger partial charge in [0.15, 0.2) is 0 Å². The molecule has 2 aliphatic rings. The van der Waals surface area contributed by atoms with Crippen molar-refractivity contribution >= 4 is 35.1 Å². The summed E-state index contributed by atoms with van der Waals surface area (Å²) in [5.41, 5.74) is 0.796. The van der Waals surface area contributed by atoms with Crippen molar-refractivity contribution in [2.75, 3.05) is 33.8 Å². The lowest BCUT2D eigenvalue weighted by molar-refractivity contribution is -0.189. The van der Waals surface area contributed by atoms with Crippen LogP contribution in [0.2, 0.25) is 10.0 Å². The number of halogens is 2. The molecule has 212 valence electrons. The Balaban J connectivity index is 1.74. The van der Waals surface area contributed by atoms with Crippen molar-refractivity contribution in [1.82, 2.24) is 9.80 Å². The van der Waals surface area contributed by atoms with Crippen LogP contribution in [0.5, 0.6) is 5.75 Å². The highest BCUT2D eigenvalue weighted by Crippen LogP contribution is 2.54. The Morgan fingerprint density at radius 1 is 1.13 bits per heavy atom. The molecular weight excluding hydrogens is 535 g/mol. The molecule has 1 heterocycles. The van der Waals surface area contributed by atoms with Gasteiger partial charge >= 0.3 is 5.97 Å². The van der Waals surface area contributed by atoms with E-state index in [1.165, 1.54) is 6.92 Å². The second kappa shape index (κ2) is 12.1. The van der Waals surface area contributed by atoms with Gasteiger partial charge in [0, 0.05) is 31.5 Å². The molecule has 1 saturated carbocycles. The summed E-state index contributed by atoms with van der Waals surface area (Å²) >= 11 is 12.4. The second-order valence-electron chi connectivity index (χ2n) is 11.7. The first-order valence-corrected chi connectivity index (χ1v) is 14.5. The SMILES string of the molecule is COc1cccc([C@@]23CCN(C)C[C@@]2(OC(C)=O)CC[C@H](N(CC(C)C)C(=O)Cc2ccc(Cl)c(Cl)c2)C3)c1. The Morgan fingerprint density at radius 2 is 1.90 bits per heavy atom. The number of piperidine rings is 1. The van der Waals surface area contributed by atoms with Crippen LogP contribution in [0.25, 0.3) is 0 Å². The first-order valence-electron chi connectivity index (χ1n) is 13.7. The standard InChI is InChI=1S/C31H40Cl2N2O4/c1-21(2)19-35(29(37)16-23-9-10-27(32)28(33)15-23)25-11-12-31(39-22(3)36)20-34(4)14-13-30(31,18-25)24-7-6-8-26(17-24)38-5/h6-10,15,17,21,25H,11-14,16,18-20H2,1-5H3/t25-,30-,31-/m0/s1. The van der Waals surface area contributed by atoms with Crippen LogP contribution >= 0.6 is 23.2 Å². The predicted octanol–water partition coefficient (Wildman–Crippen LogP) is 6.16. The average Bonchev–Trinajstić information content (AvgIpc) is 2.88. The molecule has 0 unspecified atom stereocenters. The van der Waals surface area contributed by atoms with E-state index in [0.29, 0.717) is 41.9 Å². The number of likely N-dealkylation sites (N-methyl/N-ethyl adjacent to an activating group) is 1. The maximum atomic E-state index is 13.9. The van der Waals surface area contributed by atoms with Crippen molar-refractivity contribution in [3.63, 3.8) is 0 Å². The molecule has 0 bridgehead atoms. The molecule has 1 saturated heterocycles. The number of rotatable bonds is 8. The van der Waals surface area contributed by atoms with Gasteiger partial charge < -0.3 is 19.3 Å². The second-order valence-corrected chi connectivity index (χ2v) is 12.5.